The van der Waals surface area contributed by atoms with Crippen LogP contribution in [0.2, 0.25) is 0 Å². The van der Waals surface area contributed by atoms with Gasteiger partial charge in [-0.05, 0) is 24.4 Å². The van der Waals surface area contributed by atoms with E-state index < -0.39 is 0 Å². The zero-order valence-electron chi connectivity index (χ0n) is 10.6. The van der Waals surface area contributed by atoms with Crippen LogP contribution in [0.1, 0.15) is 11.8 Å². The van der Waals surface area contributed by atoms with E-state index in [1.807, 2.05) is 30.5 Å². The van der Waals surface area contributed by atoms with Crippen LogP contribution in [0.25, 0.3) is 0 Å². The summed E-state index contributed by atoms with van der Waals surface area (Å²) in [6.45, 7) is 3.35. The van der Waals surface area contributed by atoms with Gasteiger partial charge < -0.3 is 10.6 Å². The monoisotopic (exact) mass is 277 g/mol. The predicted molar refractivity (Wildman–Crippen MR) is 78.9 cm³/mol. The number of anilines is 2. The van der Waals surface area contributed by atoms with Crippen molar-refractivity contribution in [2.24, 2.45) is 0 Å². The lowest BCUT2D eigenvalue weighted by Crippen LogP contribution is -2.02. The fourth-order valence-corrected chi connectivity index (χ4v) is 2.37. The van der Waals surface area contributed by atoms with Crippen LogP contribution in [-0.4, -0.2) is 11.5 Å². The molecule has 0 aliphatic carbocycles. The molecule has 0 aliphatic heterocycles. The summed E-state index contributed by atoms with van der Waals surface area (Å²) in [5.74, 6) is 0. The van der Waals surface area contributed by atoms with Crippen molar-refractivity contribution in [2.45, 2.75) is 13.5 Å². The topological polar surface area (TPSA) is 67.2 Å². The van der Waals surface area contributed by atoms with Crippen molar-refractivity contribution in [3.05, 3.63) is 50.7 Å². The van der Waals surface area contributed by atoms with Gasteiger partial charge in [0.15, 0.2) is 0 Å². The van der Waals surface area contributed by atoms with Crippen LogP contribution in [0.4, 0.5) is 17.1 Å². The van der Waals surface area contributed by atoms with E-state index in [0.717, 1.165) is 17.9 Å². The van der Waals surface area contributed by atoms with Crippen molar-refractivity contribution in [1.82, 2.24) is 0 Å². The van der Waals surface area contributed by atoms with Gasteiger partial charge in [-0.25, -0.2) is 0 Å². The minimum atomic E-state index is -0.378. The van der Waals surface area contributed by atoms with Gasteiger partial charge in [0.25, 0.3) is 5.69 Å². The van der Waals surface area contributed by atoms with E-state index in [4.69, 9.17) is 0 Å². The minimum absolute atomic E-state index is 0.0899. The molecule has 2 N–H and O–H groups in total. The molecule has 0 bridgehead atoms. The molecule has 2 rings (SSSR count). The van der Waals surface area contributed by atoms with E-state index in [9.17, 15) is 10.1 Å². The maximum absolute atomic E-state index is 10.9. The summed E-state index contributed by atoms with van der Waals surface area (Å²) >= 11 is 1.66. The Morgan fingerprint density at radius 1 is 1.26 bits per heavy atom. The Hall–Kier alpha value is -2.08. The van der Waals surface area contributed by atoms with Gasteiger partial charge in [-0.1, -0.05) is 6.07 Å². The molecule has 0 radical (unpaired) electrons. The van der Waals surface area contributed by atoms with Gasteiger partial charge in [-0.3, -0.25) is 10.1 Å². The van der Waals surface area contributed by atoms with Crippen LogP contribution in [0.15, 0.2) is 35.7 Å². The Morgan fingerprint density at radius 3 is 2.58 bits per heavy atom. The summed E-state index contributed by atoms with van der Waals surface area (Å²) in [5.41, 5.74) is 1.59. The van der Waals surface area contributed by atoms with Crippen molar-refractivity contribution in [1.29, 1.82) is 0 Å². The summed E-state index contributed by atoms with van der Waals surface area (Å²) in [7, 11) is 0. The zero-order chi connectivity index (χ0) is 13.7. The van der Waals surface area contributed by atoms with Gasteiger partial charge in [0, 0.05) is 41.5 Å². The predicted octanol–water partition coefficient (Wildman–Crippen LogP) is 3.70. The van der Waals surface area contributed by atoms with Crippen LogP contribution < -0.4 is 10.6 Å². The number of rotatable bonds is 6. The smallest absolute Gasteiger partial charge is 0.273 e. The number of nitrogens with one attached hydrogen (secondary N) is 2. The lowest BCUT2D eigenvalue weighted by atomic mass is 10.2. The number of thiophene rings is 1. The van der Waals surface area contributed by atoms with Crippen LogP contribution in [0.5, 0.6) is 0 Å². The van der Waals surface area contributed by atoms with Crippen molar-refractivity contribution >= 4 is 28.4 Å². The normalized spacial score (nSPS) is 10.2. The van der Waals surface area contributed by atoms with Gasteiger partial charge in [0.2, 0.25) is 0 Å². The van der Waals surface area contributed by atoms with E-state index in [2.05, 4.69) is 10.6 Å². The highest BCUT2D eigenvalue weighted by molar-refractivity contribution is 7.09. The first-order valence-electron chi connectivity index (χ1n) is 5.98. The lowest BCUT2D eigenvalue weighted by molar-refractivity contribution is -0.384. The molecule has 0 spiro atoms. The molecule has 0 amide bonds. The first kappa shape index (κ1) is 13.4. The number of hydrogen-bond donors (Lipinski definition) is 2. The Balaban J connectivity index is 2.16. The average Bonchev–Trinajstić information content (AvgIpc) is 2.89. The average molecular weight is 277 g/mol. The molecule has 1 aromatic heterocycles. The summed E-state index contributed by atoms with van der Waals surface area (Å²) in [6, 6.07) is 8.98. The Kier molecular flexibility index (Phi) is 4.35. The molecule has 0 saturated carbocycles. The number of nitro groups is 1. The van der Waals surface area contributed by atoms with Crippen LogP contribution >= 0.6 is 11.3 Å². The van der Waals surface area contributed by atoms with E-state index in [-0.39, 0.29) is 10.6 Å². The van der Waals surface area contributed by atoms with Crippen molar-refractivity contribution in [2.75, 3.05) is 17.2 Å². The van der Waals surface area contributed by atoms with Gasteiger partial charge in [-0.15, -0.1) is 11.3 Å². The summed E-state index contributed by atoms with van der Waals surface area (Å²) in [5, 5.41) is 19.2. The fourth-order valence-electron chi connectivity index (χ4n) is 1.73. The van der Waals surface area contributed by atoms with Crippen LogP contribution in [0, 0.1) is 10.1 Å². The molecule has 1 aromatic carbocycles. The highest BCUT2D eigenvalue weighted by Crippen LogP contribution is 2.25. The molecule has 1 heterocycles. The Labute approximate surface area is 115 Å². The highest BCUT2D eigenvalue weighted by atomic mass is 32.1. The second-order valence-electron chi connectivity index (χ2n) is 3.99. The number of non-ortho nitro benzene ring substituents is 1. The molecule has 19 heavy (non-hydrogen) atoms. The molecule has 6 heteroatoms. The maximum Gasteiger partial charge on any atom is 0.273 e. The standard InChI is InChI=1S/C13H15N3O2S/c1-2-14-10-6-11(8-12(7-10)16(17)18)15-9-13-4-3-5-19-13/h3-8,14-15H,2,9H2,1H3. The van der Waals surface area contributed by atoms with E-state index in [1.165, 1.54) is 4.88 Å². The molecule has 0 atom stereocenters. The van der Waals surface area contributed by atoms with Crippen molar-refractivity contribution < 1.29 is 4.92 Å². The van der Waals surface area contributed by atoms with E-state index in [0.29, 0.717) is 6.54 Å². The summed E-state index contributed by atoms with van der Waals surface area (Å²) in [6.07, 6.45) is 0. The molecule has 0 saturated heterocycles. The minimum Gasteiger partial charge on any atom is -0.385 e. The largest absolute Gasteiger partial charge is 0.385 e. The molecular weight excluding hydrogens is 262 g/mol. The van der Waals surface area contributed by atoms with Gasteiger partial charge >= 0.3 is 0 Å². The maximum atomic E-state index is 10.9. The molecule has 0 aliphatic rings. The third-order valence-electron chi connectivity index (χ3n) is 2.56. The van der Waals surface area contributed by atoms with Gasteiger partial charge in [-0.2, -0.15) is 0 Å². The molecule has 100 valence electrons. The SMILES string of the molecule is CCNc1cc(NCc2cccs2)cc([N+](=O)[O-])c1. The van der Waals surface area contributed by atoms with Gasteiger partial charge in [0.1, 0.15) is 0 Å². The zero-order valence-corrected chi connectivity index (χ0v) is 11.4. The Bertz CT molecular complexity index is 555. The number of benzene rings is 1. The Morgan fingerprint density at radius 2 is 2.00 bits per heavy atom. The summed E-state index contributed by atoms with van der Waals surface area (Å²) < 4.78 is 0. The molecule has 5 nitrogen and oxygen atoms in total. The number of nitro benzene ring substituents is 1. The van der Waals surface area contributed by atoms with Crippen molar-refractivity contribution in [3.63, 3.8) is 0 Å². The van der Waals surface area contributed by atoms with E-state index >= 15 is 0 Å². The van der Waals surface area contributed by atoms with Gasteiger partial charge in [0.05, 0.1) is 4.92 Å². The number of nitrogens with zero attached hydrogens (tertiary/aromatic N) is 1. The third-order valence-corrected chi connectivity index (χ3v) is 3.43. The third kappa shape index (κ3) is 3.69. The second-order valence-corrected chi connectivity index (χ2v) is 5.02. The van der Waals surface area contributed by atoms with Crippen LogP contribution in [-0.2, 0) is 6.54 Å². The first-order valence-corrected chi connectivity index (χ1v) is 6.86. The molecule has 0 unspecified atom stereocenters. The highest BCUT2D eigenvalue weighted by Gasteiger charge is 2.09. The van der Waals surface area contributed by atoms with Crippen molar-refractivity contribution in [3.8, 4) is 0 Å². The second kappa shape index (κ2) is 6.19. The molecule has 0 fully saturated rings. The molecule has 2 aromatic rings. The molecular formula is C13H15N3O2S. The first-order chi connectivity index (χ1) is 9.19. The number of hydrogen-bond acceptors (Lipinski definition) is 5. The summed E-state index contributed by atoms with van der Waals surface area (Å²) in [4.78, 5) is 11.7. The quantitative estimate of drug-likeness (QED) is 0.624. The lowest BCUT2D eigenvalue weighted by Gasteiger charge is -2.08. The fraction of sp³-hybridized carbons (Fsp3) is 0.231. The van der Waals surface area contributed by atoms with E-state index in [1.54, 1.807) is 23.5 Å². The van der Waals surface area contributed by atoms with Crippen LogP contribution in [0.3, 0.4) is 0 Å².